The summed E-state index contributed by atoms with van der Waals surface area (Å²) < 4.78 is 0. The lowest BCUT2D eigenvalue weighted by Crippen LogP contribution is -2.18. The van der Waals surface area contributed by atoms with Gasteiger partial charge in [0, 0.05) is 12.6 Å². The number of phenols is 1. The number of aromatic amines is 1. The zero-order chi connectivity index (χ0) is 19.2. The Bertz CT molecular complexity index is 773. The highest BCUT2D eigenvalue weighted by Crippen LogP contribution is 2.40. The number of carbonyl (C=O) groups is 1. The average molecular weight is 382 g/mol. The predicted molar refractivity (Wildman–Crippen MR) is 104 cm³/mol. The topological polar surface area (TPSA) is 53.1 Å². The Balaban J connectivity index is 2.51. The summed E-state index contributed by atoms with van der Waals surface area (Å²) in [7, 11) is 0. The lowest BCUT2D eigenvalue weighted by molar-refractivity contribution is 0.0993. The van der Waals surface area contributed by atoms with E-state index in [1.165, 1.54) is 6.20 Å². The first-order valence-corrected chi connectivity index (χ1v) is 9.00. The van der Waals surface area contributed by atoms with Crippen molar-refractivity contribution in [1.82, 2.24) is 4.98 Å². The van der Waals surface area contributed by atoms with E-state index in [0.29, 0.717) is 11.3 Å². The molecule has 0 unspecified atom stereocenters. The van der Waals surface area contributed by atoms with E-state index < -0.39 is 0 Å². The van der Waals surface area contributed by atoms with Crippen molar-refractivity contribution >= 4 is 29.0 Å². The van der Waals surface area contributed by atoms with Gasteiger partial charge in [-0.15, -0.1) is 0 Å². The number of rotatable bonds is 3. The quantitative estimate of drug-likeness (QED) is 0.635. The van der Waals surface area contributed by atoms with Gasteiger partial charge < -0.3 is 10.1 Å². The van der Waals surface area contributed by atoms with E-state index in [4.69, 9.17) is 23.2 Å². The van der Waals surface area contributed by atoms with Crippen molar-refractivity contribution in [2.75, 3.05) is 0 Å². The maximum absolute atomic E-state index is 12.6. The zero-order valence-corrected chi connectivity index (χ0v) is 17.1. The molecule has 136 valence electrons. The number of aromatic hydroxyl groups is 1. The van der Waals surface area contributed by atoms with Crippen molar-refractivity contribution in [3.63, 3.8) is 0 Å². The second-order valence-electron chi connectivity index (χ2n) is 8.47. The molecular formula is C20H25Cl2NO2. The van der Waals surface area contributed by atoms with Crippen LogP contribution >= 0.6 is 23.2 Å². The molecule has 1 heterocycles. The number of hydrogen-bond donors (Lipinski definition) is 2. The third-order valence-electron chi connectivity index (χ3n) is 4.22. The Morgan fingerprint density at radius 1 is 1.04 bits per heavy atom. The lowest BCUT2D eigenvalue weighted by Gasteiger charge is -2.28. The summed E-state index contributed by atoms with van der Waals surface area (Å²) in [4.78, 5) is 15.4. The minimum absolute atomic E-state index is 0.112. The van der Waals surface area contributed by atoms with Gasteiger partial charge in [-0.25, -0.2) is 0 Å². The Morgan fingerprint density at radius 2 is 1.52 bits per heavy atom. The molecule has 1 aromatic heterocycles. The molecular weight excluding hydrogens is 357 g/mol. The molecule has 0 aliphatic rings. The predicted octanol–water partition coefficient (Wildman–Crippen LogP) is 6.05. The molecule has 25 heavy (non-hydrogen) atoms. The summed E-state index contributed by atoms with van der Waals surface area (Å²) in [5, 5.41) is 11.3. The van der Waals surface area contributed by atoms with Crippen LogP contribution in [-0.2, 0) is 17.3 Å². The van der Waals surface area contributed by atoms with Crippen molar-refractivity contribution < 1.29 is 9.90 Å². The number of Topliss-reactive ketones (excluding diaryl/α,β-unsaturated/α-hetero) is 1. The van der Waals surface area contributed by atoms with Crippen LogP contribution in [0.1, 0.15) is 68.6 Å². The second kappa shape index (κ2) is 6.69. The van der Waals surface area contributed by atoms with Gasteiger partial charge in [-0.05, 0) is 27.5 Å². The van der Waals surface area contributed by atoms with Crippen molar-refractivity contribution in [3.8, 4) is 5.75 Å². The highest BCUT2D eigenvalue weighted by molar-refractivity contribution is 6.43. The Morgan fingerprint density at radius 3 is 1.88 bits per heavy atom. The van der Waals surface area contributed by atoms with Crippen LogP contribution in [0.2, 0.25) is 10.2 Å². The number of ketones is 1. The van der Waals surface area contributed by atoms with Crippen LogP contribution in [-0.4, -0.2) is 15.9 Å². The van der Waals surface area contributed by atoms with E-state index in [0.717, 1.165) is 16.7 Å². The molecule has 0 bridgehead atoms. The van der Waals surface area contributed by atoms with Gasteiger partial charge in [-0.3, -0.25) is 4.79 Å². The first-order chi connectivity index (χ1) is 11.3. The number of benzene rings is 1. The molecule has 0 saturated carbocycles. The fourth-order valence-electron chi connectivity index (χ4n) is 2.80. The Kier molecular flexibility index (Phi) is 5.32. The summed E-state index contributed by atoms with van der Waals surface area (Å²) in [6, 6.07) is 3.81. The smallest absolute Gasteiger partial charge is 0.170 e. The number of nitrogens with one attached hydrogen (secondary N) is 1. The van der Waals surface area contributed by atoms with Crippen molar-refractivity contribution in [3.05, 3.63) is 50.8 Å². The van der Waals surface area contributed by atoms with Crippen LogP contribution in [0, 0.1) is 0 Å². The van der Waals surface area contributed by atoms with Gasteiger partial charge in [-0.2, -0.15) is 0 Å². The molecule has 1 aromatic carbocycles. The Labute approximate surface area is 159 Å². The first kappa shape index (κ1) is 19.9. The van der Waals surface area contributed by atoms with Crippen LogP contribution in [0.3, 0.4) is 0 Å². The first-order valence-electron chi connectivity index (χ1n) is 8.24. The summed E-state index contributed by atoms with van der Waals surface area (Å²) in [5.41, 5.74) is 2.43. The van der Waals surface area contributed by atoms with Crippen molar-refractivity contribution in [2.24, 2.45) is 0 Å². The SMILES string of the molecule is CC(C)(C)c1cc(CC(=O)c2c[nH]c(Cl)c2Cl)cc(C(C)(C)C)c1O. The highest BCUT2D eigenvalue weighted by Gasteiger charge is 2.27. The van der Waals surface area contributed by atoms with Gasteiger partial charge in [0.05, 0.1) is 10.6 Å². The molecule has 3 nitrogen and oxygen atoms in total. The normalized spacial score (nSPS) is 12.5. The maximum atomic E-state index is 12.6. The van der Waals surface area contributed by atoms with Crippen LogP contribution in [0.15, 0.2) is 18.3 Å². The molecule has 0 fully saturated rings. The third-order valence-corrected chi connectivity index (χ3v) is 5.01. The number of aromatic nitrogens is 1. The van der Waals surface area contributed by atoms with E-state index in [2.05, 4.69) is 4.98 Å². The van der Waals surface area contributed by atoms with Crippen LogP contribution in [0.25, 0.3) is 0 Å². The molecule has 0 amide bonds. The highest BCUT2D eigenvalue weighted by atomic mass is 35.5. The van der Waals surface area contributed by atoms with Gasteiger partial charge in [0.15, 0.2) is 5.78 Å². The summed E-state index contributed by atoms with van der Waals surface area (Å²) in [5.74, 6) is 0.192. The molecule has 2 rings (SSSR count). The Hall–Kier alpha value is -1.45. The van der Waals surface area contributed by atoms with Crippen LogP contribution < -0.4 is 0 Å². The number of carbonyl (C=O) groups excluding carboxylic acids is 1. The third kappa shape index (κ3) is 4.21. The standard InChI is InChI=1S/C20H25Cl2NO2/c1-19(2,3)13-7-11(8-14(17(13)25)20(4,5)6)9-15(24)12-10-23-18(22)16(12)21/h7-8,10,23,25H,9H2,1-6H3. The number of H-pyrrole nitrogens is 1. The van der Waals surface area contributed by atoms with E-state index in [-0.39, 0.29) is 33.2 Å². The number of halogens is 2. The van der Waals surface area contributed by atoms with E-state index >= 15 is 0 Å². The monoisotopic (exact) mass is 381 g/mol. The van der Waals surface area contributed by atoms with E-state index in [9.17, 15) is 9.90 Å². The van der Waals surface area contributed by atoms with Gasteiger partial charge in [0.2, 0.25) is 0 Å². The fourth-order valence-corrected chi connectivity index (χ4v) is 3.17. The van der Waals surface area contributed by atoms with Crippen molar-refractivity contribution in [1.29, 1.82) is 0 Å². The van der Waals surface area contributed by atoms with Gasteiger partial charge in [-0.1, -0.05) is 76.9 Å². The second-order valence-corrected chi connectivity index (χ2v) is 9.23. The molecule has 0 aliphatic heterocycles. The zero-order valence-electron chi connectivity index (χ0n) is 15.6. The minimum atomic E-state index is -0.238. The maximum Gasteiger partial charge on any atom is 0.170 e. The molecule has 2 N–H and O–H groups in total. The molecule has 0 radical (unpaired) electrons. The molecule has 0 saturated heterocycles. The van der Waals surface area contributed by atoms with E-state index in [1.54, 1.807) is 0 Å². The fraction of sp³-hybridized carbons (Fsp3) is 0.450. The lowest BCUT2D eigenvalue weighted by atomic mass is 9.78. The van der Waals surface area contributed by atoms with Gasteiger partial charge >= 0.3 is 0 Å². The van der Waals surface area contributed by atoms with Crippen LogP contribution in [0.5, 0.6) is 5.75 Å². The summed E-state index contributed by atoms with van der Waals surface area (Å²) in [6.07, 6.45) is 1.73. The van der Waals surface area contributed by atoms with Crippen molar-refractivity contribution in [2.45, 2.75) is 58.8 Å². The minimum Gasteiger partial charge on any atom is -0.507 e. The van der Waals surface area contributed by atoms with Crippen LogP contribution in [0.4, 0.5) is 0 Å². The molecule has 0 aliphatic carbocycles. The van der Waals surface area contributed by atoms with Gasteiger partial charge in [0.1, 0.15) is 10.9 Å². The number of phenolic OH excluding ortho intramolecular Hbond substituents is 1. The average Bonchev–Trinajstić information content (AvgIpc) is 2.78. The molecule has 5 heteroatoms. The van der Waals surface area contributed by atoms with E-state index in [1.807, 2.05) is 53.7 Å². The summed E-state index contributed by atoms with van der Waals surface area (Å²) >= 11 is 12.0. The largest absolute Gasteiger partial charge is 0.507 e. The number of hydrogen-bond acceptors (Lipinski definition) is 2. The summed E-state index contributed by atoms with van der Waals surface area (Å²) in [6.45, 7) is 12.3. The molecule has 0 atom stereocenters. The van der Waals surface area contributed by atoms with Gasteiger partial charge in [0.25, 0.3) is 0 Å². The molecule has 2 aromatic rings. The molecule has 0 spiro atoms.